The fourth-order valence-electron chi connectivity index (χ4n) is 3.46. The van der Waals surface area contributed by atoms with Gasteiger partial charge in [-0.25, -0.2) is 0 Å². The monoisotopic (exact) mass is 402 g/mol. The molecule has 0 radical (unpaired) electrons. The summed E-state index contributed by atoms with van der Waals surface area (Å²) in [5, 5.41) is 2.91. The van der Waals surface area contributed by atoms with Crippen LogP contribution in [0.25, 0.3) is 21.7 Å². The summed E-state index contributed by atoms with van der Waals surface area (Å²) in [6, 6.07) is 19.0. The van der Waals surface area contributed by atoms with Gasteiger partial charge in [0.2, 0.25) is 5.91 Å². The van der Waals surface area contributed by atoms with E-state index in [4.69, 9.17) is 9.15 Å². The van der Waals surface area contributed by atoms with Gasteiger partial charge in [-0.3, -0.25) is 20.4 Å². The molecule has 30 heavy (non-hydrogen) atoms. The third-order valence-corrected chi connectivity index (χ3v) is 5.31. The summed E-state index contributed by atoms with van der Waals surface area (Å²) in [7, 11) is 1.63. The van der Waals surface area contributed by atoms with E-state index in [1.807, 2.05) is 61.5 Å². The second-order valence-corrected chi connectivity index (χ2v) is 7.19. The van der Waals surface area contributed by atoms with Crippen LogP contribution in [0.4, 0.5) is 0 Å². The van der Waals surface area contributed by atoms with Crippen molar-refractivity contribution < 1.29 is 18.7 Å². The van der Waals surface area contributed by atoms with Crippen molar-refractivity contribution in [1.82, 2.24) is 10.9 Å². The molecule has 6 nitrogen and oxygen atoms in total. The first kappa shape index (κ1) is 19.5. The number of nitrogens with one attached hydrogen (secondary N) is 2. The average molecular weight is 402 g/mol. The van der Waals surface area contributed by atoms with Crippen molar-refractivity contribution >= 4 is 33.6 Å². The van der Waals surface area contributed by atoms with Crippen LogP contribution in [0.1, 0.15) is 34.5 Å². The van der Waals surface area contributed by atoms with Crippen LogP contribution in [-0.4, -0.2) is 18.9 Å². The van der Waals surface area contributed by atoms with Crippen LogP contribution in [0.3, 0.4) is 0 Å². The highest BCUT2D eigenvalue weighted by Crippen LogP contribution is 2.26. The molecule has 0 spiro atoms. The fraction of sp³-hybridized carbons (Fsp3) is 0.167. The molecule has 0 bridgehead atoms. The summed E-state index contributed by atoms with van der Waals surface area (Å²) in [5.74, 6) is -0.290. The lowest BCUT2D eigenvalue weighted by molar-refractivity contribution is -0.123. The molecule has 1 heterocycles. The number of rotatable bonds is 4. The zero-order chi connectivity index (χ0) is 21.3. The predicted molar refractivity (Wildman–Crippen MR) is 115 cm³/mol. The minimum absolute atomic E-state index is 0.184. The van der Waals surface area contributed by atoms with Crippen molar-refractivity contribution in [2.24, 2.45) is 0 Å². The van der Waals surface area contributed by atoms with E-state index in [9.17, 15) is 9.59 Å². The molecule has 4 rings (SSSR count). The highest BCUT2D eigenvalue weighted by atomic mass is 16.5. The number of furan rings is 1. The lowest BCUT2D eigenvalue weighted by Gasteiger charge is -2.14. The van der Waals surface area contributed by atoms with Gasteiger partial charge in [-0.1, -0.05) is 42.5 Å². The van der Waals surface area contributed by atoms with Crippen molar-refractivity contribution in [2.75, 3.05) is 7.11 Å². The van der Waals surface area contributed by atoms with Crippen LogP contribution in [-0.2, 0) is 4.79 Å². The third kappa shape index (κ3) is 3.59. The summed E-state index contributed by atoms with van der Waals surface area (Å²) in [4.78, 5) is 25.1. The number of ether oxygens (including phenoxy) is 1. The lowest BCUT2D eigenvalue weighted by atomic mass is 9.97. The molecule has 4 aromatic rings. The van der Waals surface area contributed by atoms with Crippen LogP contribution in [0.2, 0.25) is 0 Å². The van der Waals surface area contributed by atoms with Gasteiger partial charge in [-0.15, -0.1) is 0 Å². The number of methoxy groups -OCH3 is 1. The molecule has 0 aliphatic rings. The number of carbonyl (C=O) groups excluding carboxylic acids is 2. The summed E-state index contributed by atoms with van der Waals surface area (Å²) in [6.07, 6.45) is 0. The Morgan fingerprint density at radius 3 is 2.47 bits per heavy atom. The quantitative estimate of drug-likeness (QED) is 0.494. The molecule has 152 valence electrons. The maximum atomic E-state index is 12.6. The molecule has 3 aromatic carbocycles. The van der Waals surface area contributed by atoms with E-state index in [1.54, 1.807) is 20.1 Å². The third-order valence-electron chi connectivity index (χ3n) is 5.31. The molecule has 0 aliphatic carbocycles. The highest BCUT2D eigenvalue weighted by Gasteiger charge is 2.20. The summed E-state index contributed by atoms with van der Waals surface area (Å²) < 4.78 is 10.9. The van der Waals surface area contributed by atoms with E-state index in [1.165, 1.54) is 0 Å². The largest absolute Gasteiger partial charge is 0.497 e. The van der Waals surface area contributed by atoms with Gasteiger partial charge in [-0.05, 0) is 48.4 Å². The first-order chi connectivity index (χ1) is 14.5. The molecular formula is C24H22N2O4. The first-order valence-corrected chi connectivity index (χ1v) is 9.64. The number of fused-ring (bicyclic) bond motifs is 2. The number of para-hydroxylation sites is 1. The number of carbonyl (C=O) groups is 2. The molecular weight excluding hydrogens is 380 g/mol. The predicted octanol–water partition coefficient (Wildman–Crippen LogP) is 4.47. The SMILES string of the molecule is COc1ccc2cc([C@H](C)C(=O)NNC(=O)c3oc4ccccc4c3C)ccc2c1. The van der Waals surface area contributed by atoms with Crippen molar-refractivity contribution in [1.29, 1.82) is 0 Å². The number of hydrazine groups is 1. The topological polar surface area (TPSA) is 80.6 Å². The maximum absolute atomic E-state index is 12.6. The first-order valence-electron chi connectivity index (χ1n) is 9.64. The van der Waals surface area contributed by atoms with Gasteiger partial charge in [-0.2, -0.15) is 0 Å². The molecule has 0 saturated heterocycles. The van der Waals surface area contributed by atoms with Crippen LogP contribution < -0.4 is 15.6 Å². The molecule has 0 aliphatic heterocycles. The van der Waals surface area contributed by atoms with E-state index in [0.717, 1.165) is 33.0 Å². The summed E-state index contributed by atoms with van der Waals surface area (Å²) >= 11 is 0. The van der Waals surface area contributed by atoms with Gasteiger partial charge in [0.05, 0.1) is 13.0 Å². The summed E-state index contributed by atoms with van der Waals surface area (Å²) in [6.45, 7) is 3.61. The van der Waals surface area contributed by atoms with Crippen molar-refractivity contribution in [3.8, 4) is 5.75 Å². The Bertz CT molecular complexity index is 1260. The highest BCUT2D eigenvalue weighted by molar-refractivity contribution is 6.00. The van der Waals surface area contributed by atoms with Crippen LogP contribution in [0.5, 0.6) is 5.75 Å². The van der Waals surface area contributed by atoms with Crippen LogP contribution in [0, 0.1) is 6.92 Å². The molecule has 0 unspecified atom stereocenters. The van der Waals surface area contributed by atoms with Gasteiger partial charge >= 0.3 is 5.91 Å². The van der Waals surface area contributed by atoms with Crippen molar-refractivity contribution in [3.05, 3.63) is 77.6 Å². The second kappa shape index (κ2) is 7.91. The Balaban J connectivity index is 1.46. The van der Waals surface area contributed by atoms with Crippen molar-refractivity contribution in [3.63, 3.8) is 0 Å². The number of benzene rings is 3. The average Bonchev–Trinajstić information content (AvgIpc) is 3.12. The zero-order valence-electron chi connectivity index (χ0n) is 17.0. The maximum Gasteiger partial charge on any atom is 0.305 e. The Morgan fingerprint density at radius 1 is 0.967 bits per heavy atom. The van der Waals surface area contributed by atoms with Gasteiger partial charge in [0.25, 0.3) is 0 Å². The number of amides is 2. The second-order valence-electron chi connectivity index (χ2n) is 7.19. The molecule has 0 saturated carbocycles. The minimum atomic E-state index is -0.491. The van der Waals surface area contributed by atoms with Gasteiger partial charge in [0.15, 0.2) is 5.76 Å². The molecule has 0 fully saturated rings. The Morgan fingerprint density at radius 2 is 1.70 bits per heavy atom. The number of hydrogen-bond donors (Lipinski definition) is 2. The number of aryl methyl sites for hydroxylation is 1. The summed E-state index contributed by atoms with van der Waals surface area (Å²) in [5.41, 5.74) is 7.16. The Kier molecular flexibility index (Phi) is 5.14. The van der Waals surface area contributed by atoms with E-state index in [-0.39, 0.29) is 11.7 Å². The smallest absolute Gasteiger partial charge is 0.305 e. The van der Waals surface area contributed by atoms with Crippen LogP contribution in [0.15, 0.2) is 65.1 Å². The molecule has 2 N–H and O–H groups in total. The Labute approximate surface area is 173 Å². The Hall–Kier alpha value is -3.80. The normalized spacial score (nSPS) is 12.0. The van der Waals surface area contributed by atoms with Gasteiger partial charge in [0.1, 0.15) is 11.3 Å². The van der Waals surface area contributed by atoms with E-state index in [0.29, 0.717) is 5.58 Å². The van der Waals surface area contributed by atoms with E-state index in [2.05, 4.69) is 10.9 Å². The van der Waals surface area contributed by atoms with E-state index >= 15 is 0 Å². The zero-order valence-corrected chi connectivity index (χ0v) is 17.0. The van der Waals surface area contributed by atoms with Crippen LogP contribution >= 0.6 is 0 Å². The molecule has 6 heteroatoms. The molecule has 1 atom stereocenters. The lowest BCUT2D eigenvalue weighted by Crippen LogP contribution is -2.43. The van der Waals surface area contributed by atoms with Crippen molar-refractivity contribution in [2.45, 2.75) is 19.8 Å². The van der Waals surface area contributed by atoms with Gasteiger partial charge in [0, 0.05) is 10.9 Å². The minimum Gasteiger partial charge on any atom is -0.497 e. The fourth-order valence-corrected chi connectivity index (χ4v) is 3.46. The van der Waals surface area contributed by atoms with E-state index < -0.39 is 11.8 Å². The molecule has 2 amide bonds. The molecule has 1 aromatic heterocycles. The van der Waals surface area contributed by atoms with Gasteiger partial charge < -0.3 is 9.15 Å². The standard InChI is InChI=1S/C24H22N2O4/c1-14(16-8-9-18-13-19(29-3)11-10-17(18)12-16)23(27)25-26-24(28)22-15(2)20-6-4-5-7-21(20)30-22/h4-14H,1-3H3,(H,25,27)(H,26,28)/t14-/m0/s1. The number of hydrogen-bond acceptors (Lipinski definition) is 4.